The fraction of sp³-hybridized carbons (Fsp3) is 0.958. The molecule has 0 rings (SSSR count). The Bertz CT molecular complexity index is 362. The summed E-state index contributed by atoms with van der Waals surface area (Å²) in [6, 6.07) is 0. The first-order valence-corrected chi connectivity index (χ1v) is 13.3. The van der Waals surface area contributed by atoms with Crippen LogP contribution in [0.2, 0.25) is 0 Å². The highest BCUT2D eigenvalue weighted by Crippen LogP contribution is 2.13. The van der Waals surface area contributed by atoms with Gasteiger partial charge in [-0.05, 0) is 18.6 Å². The maximum atomic E-state index is 11.8. The van der Waals surface area contributed by atoms with Gasteiger partial charge in [-0.25, -0.2) is 0 Å². The number of amides is 1. The first-order valence-electron chi connectivity index (χ1n) is 12.6. The minimum atomic E-state index is 0.131. The first-order chi connectivity index (χ1) is 15.3. The second kappa shape index (κ2) is 27.7. The van der Waals surface area contributed by atoms with Gasteiger partial charge in [0.05, 0.1) is 39.6 Å². The van der Waals surface area contributed by atoms with Crippen molar-refractivity contribution in [2.24, 2.45) is 5.73 Å². The Labute approximate surface area is 197 Å². The Kier molecular flexibility index (Phi) is 27.4. The molecule has 0 aliphatic heterocycles. The predicted molar refractivity (Wildman–Crippen MR) is 133 cm³/mol. The van der Waals surface area contributed by atoms with E-state index in [2.05, 4.69) is 17.9 Å². The van der Waals surface area contributed by atoms with E-state index in [9.17, 15) is 4.79 Å². The summed E-state index contributed by atoms with van der Waals surface area (Å²) < 4.78 is 16.0. The average molecular weight is 463 g/mol. The number of unbranched alkanes of at least 4 members (excludes halogenated alkanes) is 12. The lowest BCUT2D eigenvalue weighted by atomic mass is 10.0. The molecule has 0 spiro atoms. The van der Waals surface area contributed by atoms with Crippen molar-refractivity contribution < 1.29 is 19.0 Å². The van der Waals surface area contributed by atoms with Crippen molar-refractivity contribution in [1.29, 1.82) is 0 Å². The fourth-order valence-corrected chi connectivity index (χ4v) is 3.54. The molecule has 0 aromatic rings. The van der Waals surface area contributed by atoms with Crippen LogP contribution >= 0.6 is 12.6 Å². The van der Waals surface area contributed by atoms with Gasteiger partial charge in [-0.1, -0.05) is 70.6 Å². The lowest BCUT2D eigenvalue weighted by molar-refractivity contribution is -0.121. The molecule has 1 amide bonds. The first kappa shape index (κ1) is 30.7. The van der Waals surface area contributed by atoms with Crippen LogP contribution < -0.4 is 11.1 Å². The quantitative estimate of drug-likeness (QED) is 0.130. The predicted octanol–water partition coefficient (Wildman–Crippen LogP) is 4.50. The van der Waals surface area contributed by atoms with Crippen LogP contribution in [0.4, 0.5) is 0 Å². The van der Waals surface area contributed by atoms with Gasteiger partial charge in [-0.2, -0.15) is 12.6 Å². The van der Waals surface area contributed by atoms with E-state index in [0.717, 1.165) is 18.6 Å². The number of nitrogens with two attached hydrogens (primary N) is 1. The van der Waals surface area contributed by atoms with E-state index in [0.29, 0.717) is 59.2 Å². The second-order valence-electron chi connectivity index (χ2n) is 8.05. The van der Waals surface area contributed by atoms with Crippen molar-refractivity contribution in [3.05, 3.63) is 0 Å². The largest absolute Gasteiger partial charge is 0.378 e. The molecule has 0 saturated heterocycles. The van der Waals surface area contributed by atoms with Crippen molar-refractivity contribution in [2.75, 3.05) is 58.5 Å². The number of nitrogens with one attached hydrogen (secondary N) is 1. The molecule has 0 bridgehead atoms. The third kappa shape index (κ3) is 27.6. The van der Waals surface area contributed by atoms with Gasteiger partial charge in [0.2, 0.25) is 5.91 Å². The molecule has 0 heterocycles. The molecule has 0 aromatic heterocycles. The molecule has 0 fully saturated rings. The van der Waals surface area contributed by atoms with Gasteiger partial charge >= 0.3 is 0 Å². The van der Waals surface area contributed by atoms with E-state index in [1.807, 2.05) is 0 Å². The molecule has 0 unspecified atom stereocenters. The number of carbonyl (C=O) groups excluding carboxylic acids is 1. The van der Waals surface area contributed by atoms with E-state index in [4.69, 9.17) is 19.9 Å². The molecule has 0 aliphatic rings. The van der Waals surface area contributed by atoms with Crippen LogP contribution in [0.15, 0.2) is 0 Å². The molecule has 0 atom stereocenters. The zero-order chi connectivity index (χ0) is 22.7. The van der Waals surface area contributed by atoms with Crippen LogP contribution in [0.3, 0.4) is 0 Å². The maximum absolute atomic E-state index is 11.8. The number of hydrogen-bond donors (Lipinski definition) is 3. The molecule has 6 nitrogen and oxygen atoms in total. The van der Waals surface area contributed by atoms with E-state index in [1.54, 1.807) is 0 Å². The number of ether oxygens (including phenoxy) is 3. The summed E-state index contributed by atoms with van der Waals surface area (Å²) in [6.07, 6.45) is 17.6. The second-order valence-corrected chi connectivity index (χ2v) is 8.49. The molecule has 0 aromatic carbocycles. The zero-order valence-electron chi connectivity index (χ0n) is 19.9. The van der Waals surface area contributed by atoms with Crippen molar-refractivity contribution in [2.45, 2.75) is 89.9 Å². The van der Waals surface area contributed by atoms with Gasteiger partial charge in [-0.15, -0.1) is 0 Å². The van der Waals surface area contributed by atoms with E-state index < -0.39 is 0 Å². The lowest BCUT2D eigenvalue weighted by Crippen LogP contribution is -2.27. The van der Waals surface area contributed by atoms with E-state index in [-0.39, 0.29) is 5.91 Å². The maximum Gasteiger partial charge on any atom is 0.220 e. The van der Waals surface area contributed by atoms with Crippen LogP contribution in [0.5, 0.6) is 0 Å². The summed E-state index contributed by atoms with van der Waals surface area (Å²) in [5.41, 5.74) is 5.32. The topological polar surface area (TPSA) is 82.8 Å². The highest BCUT2D eigenvalue weighted by molar-refractivity contribution is 7.80. The summed E-state index contributed by atoms with van der Waals surface area (Å²) in [5.74, 6) is 1.16. The number of thiol groups is 1. The standard InChI is InChI=1S/C24H50N2O4S/c25-15-17-28-19-21-30-22-20-29-18-16-26-24(27)14-12-10-8-6-4-2-1-3-5-7-9-11-13-23-31/h31H,1-23,25H2,(H,26,27). The molecule has 0 aliphatic carbocycles. The summed E-state index contributed by atoms with van der Waals surface area (Å²) >= 11 is 4.25. The minimum absolute atomic E-state index is 0.131. The Hall–Kier alpha value is -0.340. The van der Waals surface area contributed by atoms with Crippen molar-refractivity contribution in [1.82, 2.24) is 5.32 Å². The number of rotatable bonds is 26. The van der Waals surface area contributed by atoms with Crippen molar-refractivity contribution in [3.8, 4) is 0 Å². The van der Waals surface area contributed by atoms with Crippen LogP contribution in [0.1, 0.15) is 89.9 Å². The highest BCUT2D eigenvalue weighted by Gasteiger charge is 2.01. The Morgan fingerprint density at radius 1 is 0.613 bits per heavy atom. The van der Waals surface area contributed by atoms with Crippen molar-refractivity contribution >= 4 is 18.5 Å². The lowest BCUT2D eigenvalue weighted by Gasteiger charge is -2.08. The monoisotopic (exact) mass is 462 g/mol. The third-order valence-corrected chi connectivity index (χ3v) is 5.45. The van der Waals surface area contributed by atoms with Gasteiger partial charge in [0.15, 0.2) is 0 Å². The highest BCUT2D eigenvalue weighted by atomic mass is 32.1. The zero-order valence-corrected chi connectivity index (χ0v) is 20.8. The Morgan fingerprint density at radius 2 is 1.03 bits per heavy atom. The smallest absolute Gasteiger partial charge is 0.220 e. The van der Waals surface area contributed by atoms with Gasteiger partial charge in [0.1, 0.15) is 0 Å². The van der Waals surface area contributed by atoms with E-state index in [1.165, 1.54) is 70.6 Å². The van der Waals surface area contributed by atoms with Gasteiger partial charge in [0.25, 0.3) is 0 Å². The average Bonchev–Trinajstić information content (AvgIpc) is 2.77. The third-order valence-electron chi connectivity index (χ3n) is 5.14. The number of hydrogen-bond acceptors (Lipinski definition) is 6. The van der Waals surface area contributed by atoms with Crippen molar-refractivity contribution in [3.63, 3.8) is 0 Å². The van der Waals surface area contributed by atoms with Crippen LogP contribution in [0.25, 0.3) is 0 Å². The van der Waals surface area contributed by atoms with Gasteiger partial charge in [0, 0.05) is 19.5 Å². The summed E-state index contributed by atoms with van der Waals surface area (Å²) in [4.78, 5) is 11.8. The molecule has 186 valence electrons. The van der Waals surface area contributed by atoms with Crippen LogP contribution in [0, 0.1) is 0 Å². The molecule has 31 heavy (non-hydrogen) atoms. The van der Waals surface area contributed by atoms with Gasteiger partial charge < -0.3 is 25.3 Å². The SMILES string of the molecule is NCCOCCOCCOCCNC(=O)CCCCCCCCCCCCCCCS. The summed E-state index contributed by atoms with van der Waals surface area (Å²) in [6.45, 7) is 4.37. The summed E-state index contributed by atoms with van der Waals surface area (Å²) in [7, 11) is 0. The molecule has 0 saturated carbocycles. The molecule has 7 heteroatoms. The van der Waals surface area contributed by atoms with Crippen LogP contribution in [-0.4, -0.2) is 64.4 Å². The van der Waals surface area contributed by atoms with E-state index >= 15 is 0 Å². The van der Waals surface area contributed by atoms with Gasteiger partial charge in [-0.3, -0.25) is 4.79 Å². The molecular formula is C24H50N2O4S. The Balaban J connectivity index is 3.13. The molecule has 0 radical (unpaired) electrons. The Morgan fingerprint density at radius 3 is 1.52 bits per heavy atom. The fourth-order valence-electron chi connectivity index (χ4n) is 3.32. The molecule has 3 N–H and O–H groups in total. The number of carbonyl (C=O) groups is 1. The summed E-state index contributed by atoms with van der Waals surface area (Å²) in [5, 5.41) is 2.91. The normalized spacial score (nSPS) is 11.2. The van der Waals surface area contributed by atoms with Crippen LogP contribution in [-0.2, 0) is 19.0 Å². The minimum Gasteiger partial charge on any atom is -0.378 e. The molecular weight excluding hydrogens is 412 g/mol.